The first-order valence-corrected chi connectivity index (χ1v) is 8.98. The van der Waals surface area contributed by atoms with Crippen LogP contribution in [0.4, 0.5) is 0 Å². The van der Waals surface area contributed by atoms with E-state index in [1.807, 2.05) is 30.3 Å². The van der Waals surface area contributed by atoms with E-state index in [1.54, 1.807) is 0 Å². The molecule has 6 heteroatoms. The summed E-state index contributed by atoms with van der Waals surface area (Å²) in [6, 6.07) is 14.1. The topological polar surface area (TPSA) is 69.2 Å². The van der Waals surface area contributed by atoms with Crippen molar-refractivity contribution in [3.8, 4) is 5.75 Å². The Morgan fingerprint density at radius 3 is 2.96 bits per heavy atom. The van der Waals surface area contributed by atoms with Crippen LogP contribution in [0.1, 0.15) is 12.8 Å². The minimum Gasteiger partial charge on any atom is -0.490 e. The Morgan fingerprint density at radius 1 is 1.23 bits per heavy atom. The molecule has 0 radical (unpaired) electrons. The maximum Gasteiger partial charge on any atom is 0.269 e. The number of hydrogen-bond donors (Lipinski definition) is 1. The summed E-state index contributed by atoms with van der Waals surface area (Å²) in [6.45, 7) is 2.47. The lowest BCUT2D eigenvalue weighted by Gasteiger charge is -2.11. The van der Waals surface area contributed by atoms with Crippen LogP contribution in [0.2, 0.25) is 0 Å². The zero-order valence-corrected chi connectivity index (χ0v) is 14.5. The molecule has 2 atom stereocenters. The smallest absolute Gasteiger partial charge is 0.269 e. The van der Waals surface area contributed by atoms with Crippen molar-refractivity contribution >= 4 is 22.4 Å². The number of rotatable bonds is 6. The van der Waals surface area contributed by atoms with E-state index in [4.69, 9.17) is 14.3 Å². The minimum atomic E-state index is -0.239. The molecule has 2 aromatic carbocycles. The minimum absolute atomic E-state index is 0.162. The van der Waals surface area contributed by atoms with E-state index in [0.29, 0.717) is 37.8 Å². The molecule has 0 spiro atoms. The highest BCUT2D eigenvalue weighted by atomic mass is 16.7. The van der Waals surface area contributed by atoms with Crippen molar-refractivity contribution in [2.24, 2.45) is 11.1 Å². The van der Waals surface area contributed by atoms with Gasteiger partial charge in [0.05, 0.1) is 6.61 Å². The number of nitrogens with zero attached hydrogens (tertiary/aromatic N) is 1. The van der Waals surface area contributed by atoms with Gasteiger partial charge in [0.15, 0.2) is 6.10 Å². The van der Waals surface area contributed by atoms with Crippen molar-refractivity contribution < 1.29 is 19.1 Å². The van der Waals surface area contributed by atoms with Gasteiger partial charge in [0.25, 0.3) is 5.91 Å². The molecule has 0 aromatic heterocycles. The molecule has 26 heavy (non-hydrogen) atoms. The summed E-state index contributed by atoms with van der Waals surface area (Å²) < 4.78 is 11.1. The number of benzene rings is 2. The lowest BCUT2D eigenvalue weighted by Crippen LogP contribution is -2.35. The molecule has 0 saturated carbocycles. The Hall–Kier alpha value is -2.60. The second-order valence-electron chi connectivity index (χ2n) is 6.73. The number of nitrogens with one attached hydrogen (secondary N) is 1. The largest absolute Gasteiger partial charge is 0.490 e. The van der Waals surface area contributed by atoms with Gasteiger partial charge in [-0.1, -0.05) is 35.5 Å². The molecule has 4 rings (SSSR count). The highest BCUT2D eigenvalue weighted by Gasteiger charge is 2.27. The van der Waals surface area contributed by atoms with Gasteiger partial charge < -0.3 is 19.6 Å². The van der Waals surface area contributed by atoms with Gasteiger partial charge in [0, 0.05) is 25.5 Å². The number of hydrogen-bond acceptors (Lipinski definition) is 5. The third-order valence-electron chi connectivity index (χ3n) is 4.73. The summed E-state index contributed by atoms with van der Waals surface area (Å²) in [4.78, 5) is 17.5. The molecule has 1 N–H and O–H groups in total. The maximum atomic E-state index is 12.2. The van der Waals surface area contributed by atoms with Gasteiger partial charge in [-0.15, -0.1) is 0 Å². The van der Waals surface area contributed by atoms with Crippen LogP contribution < -0.4 is 10.1 Å². The highest BCUT2D eigenvalue weighted by Crippen LogP contribution is 2.21. The number of amides is 1. The van der Waals surface area contributed by atoms with Crippen molar-refractivity contribution in [2.75, 3.05) is 26.4 Å². The number of ether oxygens (including phenoxy) is 2. The first-order chi connectivity index (χ1) is 12.8. The van der Waals surface area contributed by atoms with Gasteiger partial charge in [0.1, 0.15) is 18.1 Å². The summed E-state index contributed by atoms with van der Waals surface area (Å²) in [7, 11) is 0. The van der Waals surface area contributed by atoms with Gasteiger partial charge in [-0.05, 0) is 29.3 Å². The van der Waals surface area contributed by atoms with Crippen LogP contribution in [0.15, 0.2) is 47.6 Å². The van der Waals surface area contributed by atoms with Crippen LogP contribution >= 0.6 is 0 Å². The molecule has 6 nitrogen and oxygen atoms in total. The van der Waals surface area contributed by atoms with Crippen LogP contribution in [0.5, 0.6) is 5.75 Å². The van der Waals surface area contributed by atoms with Crippen LogP contribution in [-0.4, -0.2) is 44.1 Å². The molecule has 0 bridgehead atoms. The molecule has 1 amide bonds. The summed E-state index contributed by atoms with van der Waals surface area (Å²) in [5, 5.41) is 9.13. The van der Waals surface area contributed by atoms with E-state index in [9.17, 15) is 4.79 Å². The molecule has 2 unspecified atom stereocenters. The van der Waals surface area contributed by atoms with Gasteiger partial charge >= 0.3 is 0 Å². The van der Waals surface area contributed by atoms with Crippen molar-refractivity contribution in [3.05, 3.63) is 42.5 Å². The number of carbonyl (C=O) groups is 1. The third-order valence-corrected chi connectivity index (χ3v) is 4.73. The zero-order valence-electron chi connectivity index (χ0n) is 14.5. The van der Waals surface area contributed by atoms with E-state index < -0.39 is 0 Å². The van der Waals surface area contributed by atoms with Crippen molar-refractivity contribution in [2.45, 2.75) is 18.9 Å². The van der Waals surface area contributed by atoms with Gasteiger partial charge in [-0.2, -0.15) is 0 Å². The van der Waals surface area contributed by atoms with E-state index in [-0.39, 0.29) is 12.0 Å². The molecule has 2 aromatic rings. The quantitative estimate of drug-likeness (QED) is 0.865. The fraction of sp³-hybridized carbons (Fsp3) is 0.400. The molecule has 1 fully saturated rings. The summed E-state index contributed by atoms with van der Waals surface area (Å²) in [6.07, 6.45) is 1.21. The van der Waals surface area contributed by atoms with E-state index >= 15 is 0 Å². The van der Waals surface area contributed by atoms with Crippen molar-refractivity contribution in [1.29, 1.82) is 0 Å². The van der Waals surface area contributed by atoms with Gasteiger partial charge in [0.2, 0.25) is 0 Å². The normalized spacial score (nSPS) is 22.1. The highest BCUT2D eigenvalue weighted by molar-refractivity contribution is 6.39. The Morgan fingerprint density at radius 2 is 2.12 bits per heavy atom. The molecule has 2 heterocycles. The standard InChI is InChI=1S/C20H22N2O4/c23-20(21-11-14-7-8-24-12-14)19-10-18(26-22-19)13-25-17-6-5-15-3-1-2-4-16(15)9-17/h1-6,9,14,18H,7-8,10-13H2,(H,21,23). The summed E-state index contributed by atoms with van der Waals surface area (Å²) in [5.74, 6) is 1.02. The Kier molecular flexibility index (Phi) is 5.02. The Bertz CT molecular complexity index is 814. The monoisotopic (exact) mass is 354 g/mol. The van der Waals surface area contributed by atoms with Crippen molar-refractivity contribution in [1.82, 2.24) is 5.32 Å². The molecule has 0 aliphatic carbocycles. The van der Waals surface area contributed by atoms with Crippen LogP contribution in [-0.2, 0) is 14.4 Å². The fourth-order valence-corrected chi connectivity index (χ4v) is 3.18. The van der Waals surface area contributed by atoms with E-state index in [0.717, 1.165) is 24.2 Å². The SMILES string of the molecule is O=C(NCC1CCOC1)C1=NOC(COc2ccc3ccccc3c2)C1. The zero-order chi connectivity index (χ0) is 17.8. The Balaban J connectivity index is 1.24. The Labute approximate surface area is 152 Å². The lowest BCUT2D eigenvalue weighted by atomic mass is 10.1. The predicted molar refractivity (Wildman–Crippen MR) is 98.3 cm³/mol. The molecule has 1 saturated heterocycles. The van der Waals surface area contributed by atoms with Crippen molar-refractivity contribution in [3.63, 3.8) is 0 Å². The first-order valence-electron chi connectivity index (χ1n) is 8.98. The maximum absolute atomic E-state index is 12.2. The number of carbonyl (C=O) groups excluding carboxylic acids is 1. The fourth-order valence-electron chi connectivity index (χ4n) is 3.18. The lowest BCUT2D eigenvalue weighted by molar-refractivity contribution is -0.115. The molecule has 2 aliphatic rings. The second kappa shape index (κ2) is 7.74. The average molecular weight is 354 g/mol. The van der Waals surface area contributed by atoms with Gasteiger partial charge in [-0.3, -0.25) is 4.79 Å². The molecular weight excluding hydrogens is 332 g/mol. The van der Waals surface area contributed by atoms with Gasteiger partial charge in [-0.25, -0.2) is 0 Å². The molecule has 2 aliphatic heterocycles. The van der Waals surface area contributed by atoms with Crippen LogP contribution in [0.25, 0.3) is 10.8 Å². The summed E-state index contributed by atoms with van der Waals surface area (Å²) >= 11 is 0. The second-order valence-corrected chi connectivity index (χ2v) is 6.73. The third kappa shape index (κ3) is 3.96. The molecule has 136 valence electrons. The molecular formula is C20H22N2O4. The number of fused-ring (bicyclic) bond motifs is 1. The van der Waals surface area contributed by atoms with E-state index in [1.165, 1.54) is 5.39 Å². The summed E-state index contributed by atoms with van der Waals surface area (Å²) in [5.41, 5.74) is 0.427. The number of oxime groups is 1. The van der Waals surface area contributed by atoms with Crippen LogP contribution in [0.3, 0.4) is 0 Å². The predicted octanol–water partition coefficient (Wildman–Crippen LogP) is 2.52. The van der Waals surface area contributed by atoms with E-state index in [2.05, 4.69) is 22.6 Å². The average Bonchev–Trinajstić information content (AvgIpc) is 3.36. The first kappa shape index (κ1) is 16.8. The van der Waals surface area contributed by atoms with Crippen LogP contribution in [0, 0.1) is 5.92 Å².